The van der Waals surface area contributed by atoms with Crippen LogP contribution in [0.5, 0.6) is 5.75 Å². The molecule has 88 valence electrons. The first-order chi connectivity index (χ1) is 7.65. The summed E-state index contributed by atoms with van der Waals surface area (Å²) in [6.07, 6.45) is 2.03. The number of aromatic nitrogens is 1. The van der Waals surface area contributed by atoms with E-state index in [4.69, 9.17) is 14.6 Å². The molecule has 5 nitrogen and oxygen atoms in total. The number of hydrogen-bond donors (Lipinski definition) is 1. The first-order valence-electron chi connectivity index (χ1n) is 4.97. The van der Waals surface area contributed by atoms with E-state index >= 15 is 0 Å². The molecule has 1 N–H and O–H groups in total. The Labute approximate surface area is 94.0 Å². The van der Waals surface area contributed by atoms with E-state index in [9.17, 15) is 4.79 Å². The molecule has 0 saturated heterocycles. The standard InChI is InChI=1S/C11H15NO4/c1-8-6-10(16-5-3-4-15-2)9(7-12-8)11(13)14/h6-7H,3-5H2,1-2H3,(H,13,14). The smallest absolute Gasteiger partial charge is 0.341 e. The molecule has 1 heterocycles. The van der Waals surface area contributed by atoms with Gasteiger partial charge < -0.3 is 14.6 Å². The van der Waals surface area contributed by atoms with Gasteiger partial charge in [-0.2, -0.15) is 0 Å². The van der Waals surface area contributed by atoms with Crippen molar-refractivity contribution in [2.24, 2.45) is 0 Å². The number of rotatable bonds is 6. The molecule has 0 spiro atoms. The minimum Gasteiger partial charge on any atom is -0.492 e. The second-order valence-corrected chi connectivity index (χ2v) is 3.32. The summed E-state index contributed by atoms with van der Waals surface area (Å²) in [5.41, 5.74) is 0.815. The Morgan fingerprint density at radius 3 is 2.88 bits per heavy atom. The summed E-state index contributed by atoms with van der Waals surface area (Å²) >= 11 is 0. The molecule has 0 bridgehead atoms. The number of pyridine rings is 1. The predicted octanol–water partition coefficient (Wildman–Crippen LogP) is 1.50. The predicted molar refractivity (Wildman–Crippen MR) is 57.9 cm³/mol. The Morgan fingerprint density at radius 2 is 2.25 bits per heavy atom. The van der Waals surface area contributed by atoms with Crippen molar-refractivity contribution >= 4 is 5.97 Å². The van der Waals surface area contributed by atoms with Gasteiger partial charge in [-0.15, -0.1) is 0 Å². The Balaban J connectivity index is 2.68. The molecule has 1 aromatic rings. The molecule has 5 heteroatoms. The van der Waals surface area contributed by atoms with Crippen molar-refractivity contribution in [3.8, 4) is 5.75 Å². The normalized spacial score (nSPS) is 10.1. The lowest BCUT2D eigenvalue weighted by Gasteiger charge is -2.09. The Hall–Kier alpha value is -1.62. The van der Waals surface area contributed by atoms with Crippen LogP contribution in [0.4, 0.5) is 0 Å². The number of carboxylic acid groups (broad SMARTS) is 1. The number of methoxy groups -OCH3 is 1. The number of nitrogens with zero attached hydrogens (tertiary/aromatic N) is 1. The number of aryl methyl sites for hydroxylation is 1. The molecular formula is C11H15NO4. The molecule has 0 atom stereocenters. The Morgan fingerprint density at radius 1 is 1.50 bits per heavy atom. The summed E-state index contributed by atoms with van der Waals surface area (Å²) < 4.78 is 10.3. The molecule has 0 radical (unpaired) electrons. The third-order valence-corrected chi connectivity index (χ3v) is 1.98. The van der Waals surface area contributed by atoms with Crippen LogP contribution in [0.3, 0.4) is 0 Å². The lowest BCUT2D eigenvalue weighted by atomic mass is 10.2. The Bertz CT molecular complexity index is 365. The average Bonchev–Trinajstić information content (AvgIpc) is 2.24. The number of ether oxygens (including phenoxy) is 2. The SMILES string of the molecule is COCCCOc1cc(C)ncc1C(=O)O. The van der Waals surface area contributed by atoms with Gasteiger partial charge in [0.2, 0.25) is 0 Å². The number of aromatic carboxylic acids is 1. The molecule has 1 rings (SSSR count). The third-order valence-electron chi connectivity index (χ3n) is 1.98. The van der Waals surface area contributed by atoms with Gasteiger partial charge in [0.05, 0.1) is 6.61 Å². The number of carboxylic acids is 1. The van der Waals surface area contributed by atoms with E-state index in [-0.39, 0.29) is 5.56 Å². The molecule has 1 aromatic heterocycles. The molecule has 0 saturated carbocycles. The van der Waals surface area contributed by atoms with Crippen LogP contribution in [0.2, 0.25) is 0 Å². The minimum atomic E-state index is -1.03. The molecular weight excluding hydrogens is 210 g/mol. The maximum atomic E-state index is 10.9. The molecule has 0 aliphatic carbocycles. The van der Waals surface area contributed by atoms with Crippen LogP contribution in [-0.2, 0) is 4.74 Å². The van der Waals surface area contributed by atoms with E-state index in [0.29, 0.717) is 19.0 Å². The molecule has 16 heavy (non-hydrogen) atoms. The van der Waals surface area contributed by atoms with Gasteiger partial charge in [-0.3, -0.25) is 4.98 Å². The van der Waals surface area contributed by atoms with E-state index in [1.54, 1.807) is 20.1 Å². The van der Waals surface area contributed by atoms with Crippen molar-refractivity contribution in [3.63, 3.8) is 0 Å². The Kier molecular flexibility index (Phi) is 4.72. The van der Waals surface area contributed by atoms with Gasteiger partial charge in [0, 0.05) is 38.1 Å². The van der Waals surface area contributed by atoms with Gasteiger partial charge in [0.25, 0.3) is 0 Å². The van der Waals surface area contributed by atoms with Crippen LogP contribution in [0.25, 0.3) is 0 Å². The van der Waals surface area contributed by atoms with Crippen molar-refractivity contribution < 1.29 is 19.4 Å². The maximum Gasteiger partial charge on any atom is 0.341 e. The van der Waals surface area contributed by atoms with E-state index in [1.165, 1.54) is 6.20 Å². The van der Waals surface area contributed by atoms with E-state index in [0.717, 1.165) is 12.1 Å². The first kappa shape index (κ1) is 12.4. The zero-order valence-corrected chi connectivity index (χ0v) is 9.40. The molecule has 0 aromatic carbocycles. The highest BCUT2D eigenvalue weighted by molar-refractivity contribution is 5.90. The summed E-state index contributed by atoms with van der Waals surface area (Å²) in [4.78, 5) is 14.8. The fraction of sp³-hybridized carbons (Fsp3) is 0.455. The fourth-order valence-electron chi connectivity index (χ4n) is 1.20. The largest absolute Gasteiger partial charge is 0.492 e. The van der Waals surface area contributed by atoms with Gasteiger partial charge in [-0.25, -0.2) is 4.79 Å². The van der Waals surface area contributed by atoms with Crippen LogP contribution in [0.15, 0.2) is 12.3 Å². The summed E-state index contributed by atoms with van der Waals surface area (Å²) in [5, 5.41) is 8.91. The number of carbonyl (C=O) groups is 1. The van der Waals surface area contributed by atoms with Crippen molar-refractivity contribution in [1.82, 2.24) is 4.98 Å². The zero-order valence-electron chi connectivity index (χ0n) is 9.40. The highest BCUT2D eigenvalue weighted by Crippen LogP contribution is 2.18. The van der Waals surface area contributed by atoms with Gasteiger partial charge in [-0.05, 0) is 6.92 Å². The second-order valence-electron chi connectivity index (χ2n) is 3.32. The zero-order chi connectivity index (χ0) is 12.0. The van der Waals surface area contributed by atoms with Gasteiger partial charge in [-0.1, -0.05) is 0 Å². The summed E-state index contributed by atoms with van der Waals surface area (Å²) in [7, 11) is 1.61. The summed E-state index contributed by atoms with van der Waals surface area (Å²) in [6.45, 7) is 2.80. The van der Waals surface area contributed by atoms with Gasteiger partial charge >= 0.3 is 5.97 Å². The third kappa shape index (κ3) is 3.51. The minimum absolute atomic E-state index is 0.0861. The summed E-state index contributed by atoms with van der Waals surface area (Å²) in [6, 6.07) is 1.62. The van der Waals surface area contributed by atoms with Crippen molar-refractivity contribution in [2.75, 3.05) is 20.3 Å². The van der Waals surface area contributed by atoms with Crippen LogP contribution in [0.1, 0.15) is 22.5 Å². The quantitative estimate of drug-likeness (QED) is 0.743. The van der Waals surface area contributed by atoms with Gasteiger partial charge in [0.15, 0.2) is 0 Å². The molecule has 0 aliphatic heterocycles. The maximum absolute atomic E-state index is 10.9. The summed E-state index contributed by atoms with van der Waals surface area (Å²) in [5.74, 6) is -0.676. The van der Waals surface area contributed by atoms with Crippen LogP contribution < -0.4 is 4.74 Å². The van der Waals surface area contributed by atoms with Crippen LogP contribution in [0, 0.1) is 6.92 Å². The van der Waals surface area contributed by atoms with Crippen molar-refractivity contribution in [1.29, 1.82) is 0 Å². The van der Waals surface area contributed by atoms with Crippen molar-refractivity contribution in [3.05, 3.63) is 23.5 Å². The monoisotopic (exact) mass is 225 g/mol. The molecule has 0 amide bonds. The van der Waals surface area contributed by atoms with Crippen LogP contribution >= 0.6 is 0 Å². The average molecular weight is 225 g/mol. The highest BCUT2D eigenvalue weighted by Gasteiger charge is 2.11. The highest BCUT2D eigenvalue weighted by atomic mass is 16.5. The number of hydrogen-bond acceptors (Lipinski definition) is 4. The van der Waals surface area contributed by atoms with E-state index in [1.807, 2.05) is 0 Å². The van der Waals surface area contributed by atoms with E-state index < -0.39 is 5.97 Å². The second kappa shape index (κ2) is 6.07. The molecule has 0 unspecified atom stereocenters. The van der Waals surface area contributed by atoms with Crippen LogP contribution in [-0.4, -0.2) is 36.4 Å². The molecule has 0 fully saturated rings. The first-order valence-corrected chi connectivity index (χ1v) is 4.97. The lowest BCUT2D eigenvalue weighted by molar-refractivity contribution is 0.0691. The van der Waals surface area contributed by atoms with E-state index in [2.05, 4.69) is 4.98 Å². The fourth-order valence-corrected chi connectivity index (χ4v) is 1.20. The van der Waals surface area contributed by atoms with Crippen molar-refractivity contribution in [2.45, 2.75) is 13.3 Å². The topological polar surface area (TPSA) is 68.7 Å². The lowest BCUT2D eigenvalue weighted by Crippen LogP contribution is -2.07. The van der Waals surface area contributed by atoms with Gasteiger partial charge in [0.1, 0.15) is 11.3 Å². The molecule has 0 aliphatic rings.